The molecule has 2 atom stereocenters. The number of benzene rings is 1. The van der Waals surface area contributed by atoms with Crippen molar-refractivity contribution < 1.29 is 13.9 Å². The van der Waals surface area contributed by atoms with Crippen LogP contribution in [0.1, 0.15) is 22.5 Å². The first kappa shape index (κ1) is 16.9. The number of hydrogen-bond donors (Lipinski definition) is 2. The number of carbonyl (C=O) groups is 1. The van der Waals surface area contributed by atoms with Crippen molar-refractivity contribution in [3.05, 3.63) is 58.6 Å². The van der Waals surface area contributed by atoms with Crippen LogP contribution in [0.2, 0.25) is 5.02 Å². The molecule has 26 heavy (non-hydrogen) atoms. The van der Waals surface area contributed by atoms with Crippen LogP contribution in [0, 0.1) is 11.7 Å². The highest BCUT2D eigenvalue weighted by Crippen LogP contribution is 2.57. The van der Waals surface area contributed by atoms with Gasteiger partial charge < -0.3 is 15.8 Å². The molecule has 2 aromatic rings. The van der Waals surface area contributed by atoms with E-state index in [-0.39, 0.29) is 24.0 Å². The number of nitrogens with zero attached hydrogens (tertiary/aromatic N) is 2. The number of amidine groups is 1. The fourth-order valence-electron chi connectivity index (χ4n) is 3.27. The number of amides is 1. The monoisotopic (exact) mass is 374 g/mol. The predicted molar refractivity (Wildman–Crippen MR) is 95.8 cm³/mol. The molecule has 1 aliphatic heterocycles. The van der Waals surface area contributed by atoms with Crippen LogP contribution in [0.25, 0.3) is 0 Å². The molecule has 1 saturated carbocycles. The lowest BCUT2D eigenvalue weighted by atomic mass is 10.0. The van der Waals surface area contributed by atoms with Crippen molar-refractivity contribution in [2.24, 2.45) is 16.6 Å². The van der Waals surface area contributed by atoms with Crippen molar-refractivity contribution in [3.8, 4) is 0 Å². The number of ether oxygens (including phenoxy) is 1. The van der Waals surface area contributed by atoms with Crippen molar-refractivity contribution in [2.75, 3.05) is 18.5 Å². The van der Waals surface area contributed by atoms with E-state index in [1.54, 1.807) is 12.1 Å². The number of aliphatic imine (C=N–C) groups is 1. The standard InChI is InChI=1S/C18H16ClFN4O2/c19-11-1-4-15(22-7-11)17(25)23-12-2-3-14(20)13(5-12)18-6-10(18)8-26-9-16(21)24-18/h1-5,7,10H,6,8-9H2,(H2,21,24)(H,23,25)/t10-,18-/m0/s1. The largest absolute Gasteiger partial charge is 0.386 e. The minimum Gasteiger partial charge on any atom is -0.386 e. The molecule has 134 valence electrons. The normalized spacial score (nSPS) is 24.2. The molecule has 1 aromatic heterocycles. The highest BCUT2D eigenvalue weighted by molar-refractivity contribution is 6.30. The number of halogens is 2. The van der Waals surface area contributed by atoms with Crippen LogP contribution in [-0.2, 0) is 10.3 Å². The van der Waals surface area contributed by atoms with Gasteiger partial charge in [-0.25, -0.2) is 9.37 Å². The van der Waals surface area contributed by atoms with E-state index in [2.05, 4.69) is 15.3 Å². The zero-order valence-corrected chi connectivity index (χ0v) is 14.5. The Morgan fingerprint density at radius 1 is 1.38 bits per heavy atom. The molecule has 0 saturated heterocycles. The molecule has 1 aromatic carbocycles. The number of aromatic nitrogens is 1. The minimum absolute atomic E-state index is 0.0851. The van der Waals surface area contributed by atoms with Gasteiger partial charge in [0.25, 0.3) is 5.91 Å². The Hall–Kier alpha value is -2.51. The maximum Gasteiger partial charge on any atom is 0.274 e. The van der Waals surface area contributed by atoms with Gasteiger partial charge in [0.2, 0.25) is 0 Å². The van der Waals surface area contributed by atoms with E-state index in [1.165, 1.54) is 24.4 Å². The van der Waals surface area contributed by atoms with Crippen molar-refractivity contribution in [1.29, 1.82) is 0 Å². The fourth-order valence-corrected chi connectivity index (χ4v) is 3.39. The molecule has 1 fully saturated rings. The number of carbonyl (C=O) groups excluding carboxylic acids is 1. The highest BCUT2D eigenvalue weighted by Gasteiger charge is 2.58. The zero-order chi connectivity index (χ0) is 18.3. The third kappa shape index (κ3) is 3.04. The van der Waals surface area contributed by atoms with Gasteiger partial charge >= 0.3 is 0 Å². The molecule has 0 spiro atoms. The fraction of sp³-hybridized carbons (Fsp3) is 0.278. The molecule has 0 bridgehead atoms. The minimum atomic E-state index is -0.704. The molecule has 6 nitrogen and oxygen atoms in total. The average Bonchev–Trinajstić information content (AvgIpc) is 3.31. The van der Waals surface area contributed by atoms with E-state index in [0.717, 1.165) is 0 Å². The lowest BCUT2D eigenvalue weighted by Gasteiger charge is -2.15. The molecule has 1 amide bonds. The topological polar surface area (TPSA) is 89.6 Å². The van der Waals surface area contributed by atoms with Gasteiger partial charge in [0.15, 0.2) is 0 Å². The molecule has 8 heteroatoms. The maximum absolute atomic E-state index is 14.5. The van der Waals surface area contributed by atoms with Gasteiger partial charge in [-0.15, -0.1) is 0 Å². The quantitative estimate of drug-likeness (QED) is 0.864. The second-order valence-corrected chi connectivity index (χ2v) is 6.89. The summed E-state index contributed by atoms with van der Waals surface area (Å²) in [7, 11) is 0. The molecule has 2 heterocycles. The third-order valence-electron chi connectivity index (χ3n) is 4.64. The second-order valence-electron chi connectivity index (χ2n) is 6.45. The predicted octanol–water partition coefficient (Wildman–Crippen LogP) is 2.73. The molecule has 2 aliphatic rings. The van der Waals surface area contributed by atoms with Crippen molar-refractivity contribution in [1.82, 2.24) is 4.98 Å². The van der Waals surface area contributed by atoms with Gasteiger partial charge in [-0.2, -0.15) is 0 Å². The molecular weight excluding hydrogens is 359 g/mol. The number of fused-ring (bicyclic) bond motifs is 1. The van der Waals surface area contributed by atoms with Crippen LogP contribution in [0.3, 0.4) is 0 Å². The summed E-state index contributed by atoms with van der Waals surface area (Å²) in [6, 6.07) is 7.52. The number of rotatable bonds is 3. The molecular formula is C18H16ClFN4O2. The Labute approximate surface area is 154 Å². The molecule has 0 radical (unpaired) electrons. The van der Waals surface area contributed by atoms with Crippen molar-refractivity contribution in [2.45, 2.75) is 12.0 Å². The summed E-state index contributed by atoms with van der Waals surface area (Å²) < 4.78 is 19.9. The van der Waals surface area contributed by atoms with Crippen LogP contribution in [0.15, 0.2) is 41.5 Å². The molecule has 0 unspecified atom stereocenters. The number of pyridine rings is 1. The first-order valence-corrected chi connectivity index (χ1v) is 8.50. The summed E-state index contributed by atoms with van der Waals surface area (Å²) in [6.07, 6.45) is 2.06. The average molecular weight is 375 g/mol. The number of hydrogen-bond acceptors (Lipinski definition) is 5. The van der Waals surface area contributed by atoms with Crippen LogP contribution in [-0.4, -0.2) is 29.9 Å². The van der Waals surface area contributed by atoms with Crippen LogP contribution in [0.4, 0.5) is 10.1 Å². The summed E-state index contributed by atoms with van der Waals surface area (Å²) in [5.74, 6) is -0.351. The Bertz CT molecular complexity index is 903. The van der Waals surface area contributed by atoms with Gasteiger partial charge in [0.05, 0.1) is 17.2 Å². The van der Waals surface area contributed by atoms with Gasteiger partial charge in [-0.3, -0.25) is 9.79 Å². The van der Waals surface area contributed by atoms with Crippen LogP contribution >= 0.6 is 11.6 Å². The first-order chi connectivity index (χ1) is 12.5. The van der Waals surface area contributed by atoms with E-state index < -0.39 is 11.4 Å². The van der Waals surface area contributed by atoms with E-state index in [1.807, 2.05) is 0 Å². The smallest absolute Gasteiger partial charge is 0.274 e. The SMILES string of the molecule is NC1=N[C@@]2(c3cc(NC(=O)c4ccc(Cl)cn4)ccc3F)C[C@H]2COC1. The van der Waals surface area contributed by atoms with Gasteiger partial charge in [0, 0.05) is 23.4 Å². The molecule has 4 rings (SSSR count). The third-order valence-corrected chi connectivity index (χ3v) is 4.86. The van der Waals surface area contributed by atoms with Gasteiger partial charge in [0.1, 0.15) is 24.0 Å². The van der Waals surface area contributed by atoms with Gasteiger partial charge in [-0.1, -0.05) is 11.6 Å². The Morgan fingerprint density at radius 2 is 2.23 bits per heavy atom. The number of nitrogens with one attached hydrogen (secondary N) is 1. The summed E-state index contributed by atoms with van der Waals surface area (Å²) in [6.45, 7) is 0.730. The summed E-state index contributed by atoms with van der Waals surface area (Å²) in [5.41, 5.74) is 6.23. The molecule has 1 aliphatic carbocycles. The number of nitrogens with two attached hydrogens (primary N) is 1. The van der Waals surface area contributed by atoms with E-state index in [9.17, 15) is 9.18 Å². The Kier molecular flexibility index (Phi) is 4.13. The lowest BCUT2D eigenvalue weighted by Crippen LogP contribution is -2.21. The second kappa shape index (κ2) is 6.34. The lowest BCUT2D eigenvalue weighted by molar-refractivity contribution is 0.102. The first-order valence-electron chi connectivity index (χ1n) is 8.13. The van der Waals surface area contributed by atoms with Crippen LogP contribution in [0.5, 0.6) is 0 Å². The highest BCUT2D eigenvalue weighted by atomic mass is 35.5. The van der Waals surface area contributed by atoms with E-state index in [0.29, 0.717) is 35.1 Å². The number of anilines is 1. The van der Waals surface area contributed by atoms with Crippen molar-refractivity contribution >= 4 is 29.0 Å². The van der Waals surface area contributed by atoms with Crippen LogP contribution < -0.4 is 11.1 Å². The summed E-state index contributed by atoms with van der Waals surface area (Å²) in [4.78, 5) is 20.8. The summed E-state index contributed by atoms with van der Waals surface area (Å²) >= 11 is 5.78. The van der Waals surface area contributed by atoms with E-state index >= 15 is 0 Å². The van der Waals surface area contributed by atoms with E-state index in [4.69, 9.17) is 22.1 Å². The molecule has 3 N–H and O–H groups in total. The Morgan fingerprint density at radius 3 is 3.00 bits per heavy atom. The Balaban J connectivity index is 1.62. The maximum atomic E-state index is 14.5. The zero-order valence-electron chi connectivity index (χ0n) is 13.7. The van der Waals surface area contributed by atoms with Crippen molar-refractivity contribution in [3.63, 3.8) is 0 Å². The van der Waals surface area contributed by atoms with Gasteiger partial charge in [-0.05, 0) is 36.8 Å². The summed E-state index contributed by atoms with van der Waals surface area (Å²) in [5, 5.41) is 3.17.